The third-order valence-electron chi connectivity index (χ3n) is 2.44. The van der Waals surface area contributed by atoms with Crippen molar-refractivity contribution in [1.82, 2.24) is 0 Å². The molecule has 0 aliphatic heterocycles. The number of nitrogens with two attached hydrogens (primary N) is 1. The molecule has 0 aliphatic carbocycles. The van der Waals surface area contributed by atoms with E-state index in [2.05, 4.69) is 10.6 Å². The lowest BCUT2D eigenvalue weighted by Gasteiger charge is -2.09. The molecule has 0 heterocycles. The first-order valence-electron chi connectivity index (χ1n) is 5.54. The number of amides is 2. The second-order valence-corrected chi connectivity index (χ2v) is 3.94. The highest BCUT2D eigenvalue weighted by Gasteiger charge is 2.09. The summed E-state index contributed by atoms with van der Waals surface area (Å²) >= 11 is 0. The standard InChI is InChI=1S/C13H10F3N3O/c14-7-1-4-12(10(16)5-7)19-13(20)18-8-2-3-11(17)9(15)6-8/h1-6H,17H2,(H2,18,19,20). The number of benzene rings is 2. The molecule has 7 heteroatoms. The van der Waals surface area contributed by atoms with E-state index in [1.807, 2.05) is 0 Å². The monoisotopic (exact) mass is 281 g/mol. The Hall–Kier alpha value is -2.70. The van der Waals surface area contributed by atoms with Crippen molar-refractivity contribution in [2.24, 2.45) is 0 Å². The van der Waals surface area contributed by atoms with Crippen LogP contribution >= 0.6 is 0 Å². The average molecular weight is 281 g/mol. The molecule has 0 saturated carbocycles. The van der Waals surface area contributed by atoms with Gasteiger partial charge in [-0.2, -0.15) is 0 Å². The fourth-order valence-electron chi connectivity index (χ4n) is 1.48. The summed E-state index contributed by atoms with van der Waals surface area (Å²) in [6.45, 7) is 0. The minimum Gasteiger partial charge on any atom is -0.396 e. The van der Waals surface area contributed by atoms with Gasteiger partial charge < -0.3 is 16.4 Å². The molecule has 0 aliphatic rings. The summed E-state index contributed by atoms with van der Waals surface area (Å²) in [6.07, 6.45) is 0. The van der Waals surface area contributed by atoms with Crippen LogP contribution in [0.15, 0.2) is 36.4 Å². The Kier molecular flexibility index (Phi) is 3.79. The Bertz CT molecular complexity index is 661. The number of halogens is 3. The maximum atomic E-state index is 13.3. The summed E-state index contributed by atoms with van der Waals surface area (Å²) in [4.78, 5) is 11.6. The van der Waals surface area contributed by atoms with Gasteiger partial charge in [0.15, 0.2) is 0 Å². The number of hydrogen-bond donors (Lipinski definition) is 3. The maximum absolute atomic E-state index is 13.3. The van der Waals surface area contributed by atoms with Crippen LogP contribution in [-0.2, 0) is 0 Å². The van der Waals surface area contributed by atoms with E-state index in [1.54, 1.807) is 0 Å². The Balaban J connectivity index is 2.07. The molecule has 0 aromatic heterocycles. The number of hydrogen-bond acceptors (Lipinski definition) is 2. The molecule has 0 saturated heterocycles. The van der Waals surface area contributed by atoms with E-state index in [1.165, 1.54) is 12.1 Å². The molecule has 0 spiro atoms. The van der Waals surface area contributed by atoms with Crippen LogP contribution in [0.4, 0.5) is 35.0 Å². The molecule has 2 amide bonds. The predicted molar refractivity (Wildman–Crippen MR) is 69.8 cm³/mol. The van der Waals surface area contributed by atoms with Gasteiger partial charge in [0.1, 0.15) is 17.5 Å². The van der Waals surface area contributed by atoms with Crippen molar-refractivity contribution in [3.8, 4) is 0 Å². The molecule has 2 aromatic rings. The first kappa shape index (κ1) is 13.7. The molecule has 2 aromatic carbocycles. The van der Waals surface area contributed by atoms with Crippen LogP contribution in [0.5, 0.6) is 0 Å². The van der Waals surface area contributed by atoms with Crippen molar-refractivity contribution < 1.29 is 18.0 Å². The van der Waals surface area contributed by atoms with Crippen molar-refractivity contribution in [3.63, 3.8) is 0 Å². The largest absolute Gasteiger partial charge is 0.396 e. The third-order valence-corrected chi connectivity index (χ3v) is 2.44. The number of carbonyl (C=O) groups is 1. The fraction of sp³-hybridized carbons (Fsp3) is 0. The number of anilines is 3. The molecular formula is C13H10F3N3O. The molecule has 2 rings (SSSR count). The Labute approximate surface area is 112 Å². The van der Waals surface area contributed by atoms with E-state index in [-0.39, 0.29) is 17.1 Å². The van der Waals surface area contributed by atoms with E-state index in [0.29, 0.717) is 6.07 Å². The molecule has 104 valence electrons. The highest BCUT2D eigenvalue weighted by Crippen LogP contribution is 2.18. The quantitative estimate of drug-likeness (QED) is 0.739. The first-order valence-corrected chi connectivity index (χ1v) is 5.54. The summed E-state index contributed by atoms with van der Waals surface area (Å²) < 4.78 is 39.2. The lowest BCUT2D eigenvalue weighted by atomic mass is 10.2. The van der Waals surface area contributed by atoms with Crippen LogP contribution in [0.2, 0.25) is 0 Å². The smallest absolute Gasteiger partial charge is 0.323 e. The second-order valence-electron chi connectivity index (χ2n) is 3.94. The van der Waals surface area contributed by atoms with Gasteiger partial charge in [-0.3, -0.25) is 0 Å². The molecule has 0 unspecified atom stereocenters. The first-order chi connectivity index (χ1) is 9.45. The van der Waals surface area contributed by atoms with Gasteiger partial charge in [-0.05, 0) is 30.3 Å². The van der Waals surface area contributed by atoms with Gasteiger partial charge in [0.05, 0.1) is 11.4 Å². The Morgan fingerprint density at radius 2 is 1.70 bits per heavy atom. The predicted octanol–water partition coefficient (Wildman–Crippen LogP) is 3.33. The van der Waals surface area contributed by atoms with Crippen LogP contribution < -0.4 is 16.4 Å². The number of nitrogens with one attached hydrogen (secondary N) is 2. The van der Waals surface area contributed by atoms with E-state index in [4.69, 9.17) is 5.73 Å². The summed E-state index contributed by atoms with van der Waals surface area (Å²) in [7, 11) is 0. The molecule has 4 N–H and O–H groups in total. The van der Waals surface area contributed by atoms with E-state index in [0.717, 1.165) is 18.2 Å². The van der Waals surface area contributed by atoms with E-state index in [9.17, 15) is 18.0 Å². The zero-order valence-electron chi connectivity index (χ0n) is 10.1. The molecule has 0 atom stereocenters. The fourth-order valence-corrected chi connectivity index (χ4v) is 1.48. The minimum absolute atomic E-state index is 0.0551. The van der Waals surface area contributed by atoms with Crippen LogP contribution in [0.25, 0.3) is 0 Å². The van der Waals surface area contributed by atoms with Crippen LogP contribution in [-0.4, -0.2) is 6.03 Å². The van der Waals surface area contributed by atoms with Crippen molar-refractivity contribution in [2.75, 3.05) is 16.4 Å². The molecule has 0 fully saturated rings. The van der Waals surface area contributed by atoms with Crippen molar-refractivity contribution >= 4 is 23.1 Å². The van der Waals surface area contributed by atoms with Gasteiger partial charge in [0.25, 0.3) is 0 Å². The average Bonchev–Trinajstić information content (AvgIpc) is 2.37. The normalized spacial score (nSPS) is 10.2. The van der Waals surface area contributed by atoms with Gasteiger partial charge in [-0.1, -0.05) is 0 Å². The Morgan fingerprint density at radius 3 is 2.35 bits per heavy atom. The highest BCUT2D eigenvalue weighted by atomic mass is 19.1. The molecule has 0 bridgehead atoms. The summed E-state index contributed by atoms with van der Waals surface area (Å²) in [5.41, 5.74) is 5.19. The molecular weight excluding hydrogens is 271 g/mol. The zero-order valence-corrected chi connectivity index (χ0v) is 10.1. The molecule has 0 radical (unpaired) electrons. The molecule has 4 nitrogen and oxygen atoms in total. The number of carbonyl (C=O) groups excluding carboxylic acids is 1. The lowest BCUT2D eigenvalue weighted by Crippen LogP contribution is -2.20. The van der Waals surface area contributed by atoms with Gasteiger partial charge in [-0.25, -0.2) is 18.0 Å². The van der Waals surface area contributed by atoms with Gasteiger partial charge in [-0.15, -0.1) is 0 Å². The SMILES string of the molecule is Nc1ccc(NC(=O)Nc2ccc(F)cc2F)cc1F. The third kappa shape index (κ3) is 3.19. The maximum Gasteiger partial charge on any atom is 0.323 e. The van der Waals surface area contributed by atoms with E-state index < -0.39 is 23.5 Å². The highest BCUT2D eigenvalue weighted by molar-refractivity contribution is 5.99. The van der Waals surface area contributed by atoms with Crippen LogP contribution in [0.3, 0.4) is 0 Å². The van der Waals surface area contributed by atoms with Crippen molar-refractivity contribution in [2.45, 2.75) is 0 Å². The summed E-state index contributed by atoms with van der Waals surface area (Å²) in [5.74, 6) is -2.35. The number of rotatable bonds is 2. The number of urea groups is 1. The Morgan fingerprint density at radius 1 is 0.950 bits per heavy atom. The van der Waals surface area contributed by atoms with Crippen molar-refractivity contribution in [1.29, 1.82) is 0 Å². The van der Waals surface area contributed by atoms with Gasteiger partial charge in [0.2, 0.25) is 0 Å². The number of nitrogen functional groups attached to an aromatic ring is 1. The van der Waals surface area contributed by atoms with Gasteiger partial charge in [0, 0.05) is 11.8 Å². The van der Waals surface area contributed by atoms with Crippen LogP contribution in [0.1, 0.15) is 0 Å². The summed E-state index contributed by atoms with van der Waals surface area (Å²) in [5, 5.41) is 4.47. The summed E-state index contributed by atoms with van der Waals surface area (Å²) in [6, 6.07) is 5.62. The van der Waals surface area contributed by atoms with Crippen LogP contribution in [0, 0.1) is 17.5 Å². The topological polar surface area (TPSA) is 67.1 Å². The molecule has 20 heavy (non-hydrogen) atoms. The second kappa shape index (κ2) is 5.52. The van der Waals surface area contributed by atoms with Gasteiger partial charge >= 0.3 is 6.03 Å². The van der Waals surface area contributed by atoms with E-state index >= 15 is 0 Å². The zero-order chi connectivity index (χ0) is 14.7. The lowest BCUT2D eigenvalue weighted by molar-refractivity contribution is 0.262. The minimum atomic E-state index is -0.913. The van der Waals surface area contributed by atoms with Crippen molar-refractivity contribution in [3.05, 3.63) is 53.8 Å².